The minimum Gasteiger partial charge on any atom is -0.481 e. The Morgan fingerprint density at radius 3 is 2.60 bits per heavy atom. The molecule has 3 amide bonds. The van der Waals surface area contributed by atoms with Gasteiger partial charge in [-0.15, -0.1) is 0 Å². The minimum atomic E-state index is -1.01. The molecule has 3 N–H and O–H groups in total. The van der Waals surface area contributed by atoms with Gasteiger partial charge in [0.25, 0.3) is 5.91 Å². The van der Waals surface area contributed by atoms with Crippen LogP contribution in [0.1, 0.15) is 5.56 Å². The Bertz CT molecular complexity index is 533. The predicted octanol–water partition coefficient (Wildman–Crippen LogP) is 0.874. The summed E-state index contributed by atoms with van der Waals surface area (Å²) in [6.45, 7) is 0.964. The van der Waals surface area contributed by atoms with Crippen LogP contribution in [0.15, 0.2) is 22.7 Å². The molecule has 0 aliphatic carbocycles. The number of nitrogens with one attached hydrogen (secondary N) is 1. The number of imide groups is 1. The van der Waals surface area contributed by atoms with Crippen LogP contribution in [0.25, 0.3) is 0 Å². The summed E-state index contributed by atoms with van der Waals surface area (Å²) in [6, 6.07) is 4.35. The van der Waals surface area contributed by atoms with Crippen molar-refractivity contribution in [1.29, 1.82) is 0 Å². The molecule has 108 valence electrons. The van der Waals surface area contributed by atoms with Crippen molar-refractivity contribution in [1.82, 2.24) is 5.32 Å². The lowest BCUT2D eigenvalue weighted by atomic mass is 10.2. The molecular weight excluding hydrogens is 332 g/mol. The molecule has 0 aliphatic heterocycles. The van der Waals surface area contributed by atoms with Crippen LogP contribution in [0.5, 0.6) is 5.75 Å². The van der Waals surface area contributed by atoms with Gasteiger partial charge >= 0.3 is 12.0 Å². The van der Waals surface area contributed by atoms with E-state index in [0.717, 1.165) is 5.56 Å². The van der Waals surface area contributed by atoms with Crippen LogP contribution in [-0.2, 0) is 14.3 Å². The van der Waals surface area contributed by atoms with E-state index in [0.29, 0.717) is 10.2 Å². The molecule has 0 atom stereocenters. The van der Waals surface area contributed by atoms with Crippen molar-refractivity contribution in [2.24, 2.45) is 5.73 Å². The number of carbonyl (C=O) groups excluding carboxylic acids is 3. The number of carbonyl (C=O) groups is 3. The predicted molar refractivity (Wildman–Crippen MR) is 73.1 cm³/mol. The summed E-state index contributed by atoms with van der Waals surface area (Å²) in [7, 11) is 0. The SMILES string of the molecule is Cc1ccc(OCC(=O)OCC(=O)NC(N)=O)c(Br)c1. The Morgan fingerprint density at radius 2 is 2.00 bits per heavy atom. The second kappa shape index (κ2) is 7.49. The van der Waals surface area contributed by atoms with Crippen molar-refractivity contribution >= 4 is 33.8 Å². The third kappa shape index (κ3) is 5.70. The number of ether oxygens (including phenoxy) is 2. The number of hydrogen-bond donors (Lipinski definition) is 2. The van der Waals surface area contributed by atoms with Gasteiger partial charge in [0.05, 0.1) is 4.47 Å². The van der Waals surface area contributed by atoms with Crippen molar-refractivity contribution in [3.8, 4) is 5.75 Å². The number of halogens is 1. The third-order valence-electron chi connectivity index (χ3n) is 2.06. The monoisotopic (exact) mass is 344 g/mol. The third-order valence-corrected chi connectivity index (χ3v) is 2.68. The zero-order valence-electron chi connectivity index (χ0n) is 10.6. The molecule has 8 heteroatoms. The molecule has 20 heavy (non-hydrogen) atoms. The summed E-state index contributed by atoms with van der Waals surface area (Å²) in [5.74, 6) is -1.06. The van der Waals surface area contributed by atoms with E-state index in [1.807, 2.05) is 19.1 Å². The first-order valence-corrected chi connectivity index (χ1v) is 6.31. The largest absolute Gasteiger partial charge is 0.481 e. The van der Waals surface area contributed by atoms with Crippen LogP contribution < -0.4 is 15.8 Å². The molecule has 0 saturated heterocycles. The van der Waals surface area contributed by atoms with Gasteiger partial charge in [0, 0.05) is 0 Å². The number of esters is 1. The fourth-order valence-corrected chi connectivity index (χ4v) is 1.83. The fourth-order valence-electron chi connectivity index (χ4n) is 1.22. The molecule has 0 aromatic heterocycles. The maximum atomic E-state index is 11.3. The lowest BCUT2D eigenvalue weighted by Gasteiger charge is -2.08. The number of urea groups is 1. The maximum absolute atomic E-state index is 11.3. The molecule has 0 saturated carbocycles. The molecule has 0 fully saturated rings. The van der Waals surface area contributed by atoms with Crippen molar-refractivity contribution in [3.63, 3.8) is 0 Å². The van der Waals surface area contributed by atoms with Crippen molar-refractivity contribution in [3.05, 3.63) is 28.2 Å². The van der Waals surface area contributed by atoms with Gasteiger partial charge in [-0.1, -0.05) is 6.07 Å². The van der Waals surface area contributed by atoms with E-state index in [1.165, 1.54) is 0 Å². The van der Waals surface area contributed by atoms with Gasteiger partial charge < -0.3 is 15.2 Å². The molecule has 1 aromatic rings. The van der Waals surface area contributed by atoms with Gasteiger partial charge in [0.15, 0.2) is 13.2 Å². The molecule has 1 rings (SSSR count). The summed E-state index contributed by atoms with van der Waals surface area (Å²) < 4.78 is 10.5. The average Bonchev–Trinajstić information content (AvgIpc) is 2.34. The Balaban J connectivity index is 2.36. The second-order valence-electron chi connectivity index (χ2n) is 3.80. The van der Waals surface area contributed by atoms with Crippen molar-refractivity contribution in [2.45, 2.75) is 6.92 Å². The first kappa shape index (κ1) is 16.0. The highest BCUT2D eigenvalue weighted by molar-refractivity contribution is 9.10. The van der Waals surface area contributed by atoms with Crippen LogP contribution in [0.4, 0.5) is 4.79 Å². The molecule has 0 bridgehead atoms. The van der Waals surface area contributed by atoms with E-state index in [-0.39, 0.29) is 6.61 Å². The molecule has 7 nitrogen and oxygen atoms in total. The topological polar surface area (TPSA) is 108 Å². The van der Waals surface area contributed by atoms with Gasteiger partial charge in [-0.25, -0.2) is 9.59 Å². The first-order chi connectivity index (χ1) is 9.38. The molecule has 0 radical (unpaired) electrons. The highest BCUT2D eigenvalue weighted by Crippen LogP contribution is 2.25. The van der Waals surface area contributed by atoms with Gasteiger partial charge in [-0.05, 0) is 40.5 Å². The zero-order valence-corrected chi connectivity index (χ0v) is 12.2. The van der Waals surface area contributed by atoms with Crippen LogP contribution in [0, 0.1) is 6.92 Å². The molecule has 0 unspecified atom stereocenters. The summed E-state index contributed by atoms with van der Waals surface area (Å²) in [6.07, 6.45) is 0. The maximum Gasteiger partial charge on any atom is 0.344 e. The van der Waals surface area contributed by atoms with Gasteiger partial charge in [0.1, 0.15) is 5.75 Å². The number of benzene rings is 1. The van der Waals surface area contributed by atoms with Crippen LogP contribution in [-0.4, -0.2) is 31.1 Å². The first-order valence-electron chi connectivity index (χ1n) is 5.52. The van der Waals surface area contributed by atoms with Crippen LogP contribution in [0.2, 0.25) is 0 Å². The Kier molecular flexibility index (Phi) is 5.98. The van der Waals surface area contributed by atoms with Gasteiger partial charge in [-0.3, -0.25) is 10.1 Å². The Morgan fingerprint density at radius 1 is 1.30 bits per heavy atom. The smallest absolute Gasteiger partial charge is 0.344 e. The average molecular weight is 345 g/mol. The van der Waals surface area contributed by atoms with Gasteiger partial charge in [-0.2, -0.15) is 0 Å². The molecule has 0 aliphatic rings. The standard InChI is InChI=1S/C12H13BrN2O5/c1-7-2-3-9(8(13)4-7)19-6-11(17)20-5-10(16)15-12(14)18/h2-4H,5-6H2,1H3,(H3,14,15,16,18). The second-order valence-corrected chi connectivity index (χ2v) is 4.65. The zero-order chi connectivity index (χ0) is 15.1. The van der Waals surface area contributed by atoms with Crippen LogP contribution in [0.3, 0.4) is 0 Å². The minimum absolute atomic E-state index is 0.356. The molecule has 0 heterocycles. The highest BCUT2D eigenvalue weighted by atomic mass is 79.9. The van der Waals surface area contributed by atoms with Crippen molar-refractivity contribution < 1.29 is 23.9 Å². The van der Waals surface area contributed by atoms with E-state index in [2.05, 4.69) is 20.7 Å². The summed E-state index contributed by atoms with van der Waals surface area (Å²) in [5, 5.41) is 1.76. The highest BCUT2D eigenvalue weighted by Gasteiger charge is 2.10. The molecule has 1 aromatic carbocycles. The van der Waals surface area contributed by atoms with Crippen molar-refractivity contribution in [2.75, 3.05) is 13.2 Å². The number of primary amides is 1. The Hall–Kier alpha value is -2.09. The van der Waals surface area contributed by atoms with E-state index in [9.17, 15) is 14.4 Å². The van der Waals surface area contributed by atoms with Crippen LogP contribution >= 0.6 is 15.9 Å². The van der Waals surface area contributed by atoms with E-state index in [1.54, 1.807) is 11.4 Å². The number of aryl methyl sites for hydroxylation is 1. The lowest BCUT2D eigenvalue weighted by Crippen LogP contribution is -2.38. The fraction of sp³-hybridized carbons (Fsp3) is 0.250. The summed E-state index contributed by atoms with van der Waals surface area (Å²) in [5.41, 5.74) is 5.76. The quantitative estimate of drug-likeness (QED) is 0.770. The summed E-state index contributed by atoms with van der Waals surface area (Å²) >= 11 is 3.29. The number of hydrogen-bond acceptors (Lipinski definition) is 5. The van der Waals surface area contributed by atoms with E-state index < -0.39 is 24.5 Å². The number of rotatable bonds is 5. The number of nitrogens with two attached hydrogens (primary N) is 1. The summed E-state index contributed by atoms with van der Waals surface area (Å²) in [4.78, 5) is 32.7. The normalized spacial score (nSPS) is 9.70. The van der Waals surface area contributed by atoms with E-state index >= 15 is 0 Å². The lowest BCUT2D eigenvalue weighted by molar-refractivity contribution is -0.150. The molecular formula is C12H13BrN2O5. The number of amides is 3. The Labute approximate surface area is 123 Å². The van der Waals surface area contributed by atoms with E-state index in [4.69, 9.17) is 10.5 Å². The molecule has 0 spiro atoms. The van der Waals surface area contributed by atoms with Gasteiger partial charge in [0.2, 0.25) is 0 Å².